The van der Waals surface area contributed by atoms with Crippen LogP contribution in [0.15, 0.2) is 18.2 Å². The Morgan fingerprint density at radius 2 is 1.61 bits per heavy atom. The maximum Gasteiger partial charge on any atom is 0.117 e. The molecule has 0 spiro atoms. The van der Waals surface area contributed by atoms with Crippen LogP contribution >= 0.6 is 0 Å². The topological polar surface area (TPSA) is 53.6 Å². The molecule has 128 valence electrons. The maximum atomic E-state index is 4.15. The summed E-state index contributed by atoms with van der Waals surface area (Å²) in [6.45, 7) is 4.24. The zero-order valence-corrected chi connectivity index (χ0v) is 14.6. The third kappa shape index (κ3) is 6.69. The lowest BCUT2D eigenvalue weighted by Crippen LogP contribution is -2.14. The van der Waals surface area contributed by atoms with Crippen molar-refractivity contribution >= 4 is 11.0 Å². The van der Waals surface area contributed by atoms with E-state index in [9.17, 15) is 0 Å². The lowest BCUT2D eigenvalue weighted by Gasteiger charge is -2.05. The standard InChI is InChI=1S/C19H32N4/c1-2-3-4-5-6-7-8-9-10-11-15-20-16-17-13-12-14-18-19(17)22-23-21-18/h12-14,20H,2-11,15-16H2,1H3,(H,21,22,23). The smallest absolute Gasteiger partial charge is 0.117 e. The number of benzene rings is 1. The predicted octanol–water partition coefficient (Wildman–Crippen LogP) is 4.97. The van der Waals surface area contributed by atoms with Gasteiger partial charge in [0.25, 0.3) is 0 Å². The van der Waals surface area contributed by atoms with Gasteiger partial charge in [0.05, 0.1) is 5.52 Å². The number of fused-ring (bicyclic) bond motifs is 1. The molecule has 0 amide bonds. The number of aromatic amines is 1. The Balaban J connectivity index is 1.45. The van der Waals surface area contributed by atoms with E-state index in [2.05, 4.69) is 39.8 Å². The Bertz CT molecular complexity index is 535. The molecule has 2 aromatic rings. The summed E-state index contributed by atoms with van der Waals surface area (Å²) in [5.74, 6) is 0. The van der Waals surface area contributed by atoms with Crippen molar-refractivity contribution in [3.8, 4) is 0 Å². The molecule has 2 N–H and O–H groups in total. The monoisotopic (exact) mass is 316 g/mol. The summed E-state index contributed by atoms with van der Waals surface area (Å²) in [5, 5.41) is 14.5. The number of H-pyrrole nitrogens is 1. The van der Waals surface area contributed by atoms with Gasteiger partial charge >= 0.3 is 0 Å². The highest BCUT2D eigenvalue weighted by Gasteiger charge is 2.03. The summed E-state index contributed by atoms with van der Waals surface area (Å²) in [5.41, 5.74) is 3.23. The van der Waals surface area contributed by atoms with Crippen molar-refractivity contribution in [2.24, 2.45) is 0 Å². The zero-order chi connectivity index (χ0) is 16.2. The number of unbranched alkanes of at least 4 members (excludes halogenated alkanes) is 9. The molecule has 0 saturated heterocycles. The van der Waals surface area contributed by atoms with Gasteiger partial charge in [-0.2, -0.15) is 0 Å². The van der Waals surface area contributed by atoms with Gasteiger partial charge in [0.2, 0.25) is 0 Å². The molecule has 0 bridgehead atoms. The third-order valence-electron chi connectivity index (χ3n) is 4.46. The summed E-state index contributed by atoms with van der Waals surface area (Å²) in [7, 11) is 0. The van der Waals surface area contributed by atoms with Crippen LogP contribution in [0.25, 0.3) is 11.0 Å². The summed E-state index contributed by atoms with van der Waals surface area (Å²) < 4.78 is 0. The number of nitrogens with one attached hydrogen (secondary N) is 2. The SMILES string of the molecule is CCCCCCCCCCCCNCc1cccc2[nH]nnc12. The Labute approximate surface area is 140 Å². The van der Waals surface area contributed by atoms with Gasteiger partial charge < -0.3 is 5.32 Å². The average Bonchev–Trinajstić information content (AvgIpc) is 3.05. The second-order valence-electron chi connectivity index (χ2n) is 6.48. The van der Waals surface area contributed by atoms with Crippen LogP contribution in [0.5, 0.6) is 0 Å². The van der Waals surface area contributed by atoms with E-state index in [1.165, 1.54) is 69.8 Å². The molecule has 0 unspecified atom stereocenters. The van der Waals surface area contributed by atoms with E-state index in [-0.39, 0.29) is 0 Å². The van der Waals surface area contributed by atoms with Crippen molar-refractivity contribution < 1.29 is 0 Å². The zero-order valence-electron chi connectivity index (χ0n) is 14.6. The molecule has 4 heteroatoms. The van der Waals surface area contributed by atoms with Gasteiger partial charge in [0, 0.05) is 6.54 Å². The fourth-order valence-electron chi connectivity index (χ4n) is 3.03. The normalized spacial score (nSPS) is 11.3. The van der Waals surface area contributed by atoms with E-state index in [0.29, 0.717) is 0 Å². The van der Waals surface area contributed by atoms with Gasteiger partial charge in [-0.05, 0) is 24.6 Å². The van der Waals surface area contributed by atoms with Gasteiger partial charge in [-0.3, -0.25) is 5.10 Å². The summed E-state index contributed by atoms with van der Waals surface area (Å²) in [6.07, 6.45) is 13.9. The summed E-state index contributed by atoms with van der Waals surface area (Å²) in [6, 6.07) is 6.19. The second-order valence-corrected chi connectivity index (χ2v) is 6.48. The largest absolute Gasteiger partial charge is 0.313 e. The first-order valence-corrected chi connectivity index (χ1v) is 9.41. The molecule has 0 aliphatic heterocycles. The van der Waals surface area contributed by atoms with Crippen molar-refractivity contribution in [2.45, 2.75) is 77.7 Å². The lowest BCUT2D eigenvalue weighted by molar-refractivity contribution is 0.544. The third-order valence-corrected chi connectivity index (χ3v) is 4.46. The molecule has 0 aliphatic carbocycles. The highest BCUT2D eigenvalue weighted by molar-refractivity contribution is 5.77. The highest BCUT2D eigenvalue weighted by Crippen LogP contribution is 2.13. The molecule has 2 rings (SSSR count). The Kier molecular flexibility index (Phi) is 8.70. The van der Waals surface area contributed by atoms with Crippen molar-refractivity contribution in [1.82, 2.24) is 20.7 Å². The molecule has 0 atom stereocenters. The number of hydrogen-bond acceptors (Lipinski definition) is 3. The molecular weight excluding hydrogens is 284 g/mol. The number of rotatable bonds is 13. The van der Waals surface area contributed by atoms with Crippen molar-refractivity contribution in [1.29, 1.82) is 0 Å². The van der Waals surface area contributed by atoms with Crippen LogP contribution < -0.4 is 5.32 Å². The van der Waals surface area contributed by atoms with Gasteiger partial charge in [-0.15, -0.1) is 5.10 Å². The first-order chi connectivity index (χ1) is 11.4. The van der Waals surface area contributed by atoms with Crippen molar-refractivity contribution in [3.05, 3.63) is 23.8 Å². The van der Waals surface area contributed by atoms with E-state index in [4.69, 9.17) is 0 Å². The predicted molar refractivity (Wildman–Crippen MR) is 97.4 cm³/mol. The first kappa shape index (κ1) is 17.9. The van der Waals surface area contributed by atoms with Crippen LogP contribution in [0.4, 0.5) is 0 Å². The van der Waals surface area contributed by atoms with Gasteiger partial charge in [-0.25, -0.2) is 0 Å². The molecule has 23 heavy (non-hydrogen) atoms. The minimum Gasteiger partial charge on any atom is -0.313 e. The van der Waals surface area contributed by atoms with E-state index in [1.807, 2.05) is 6.07 Å². The number of hydrogen-bond donors (Lipinski definition) is 2. The van der Waals surface area contributed by atoms with E-state index >= 15 is 0 Å². The van der Waals surface area contributed by atoms with Crippen LogP contribution in [0.2, 0.25) is 0 Å². The van der Waals surface area contributed by atoms with Crippen LogP contribution in [-0.2, 0) is 6.54 Å². The lowest BCUT2D eigenvalue weighted by atomic mass is 10.1. The van der Waals surface area contributed by atoms with Gasteiger partial charge in [-0.1, -0.05) is 82.1 Å². The number of nitrogens with zero attached hydrogens (tertiary/aromatic N) is 2. The molecule has 1 heterocycles. The maximum absolute atomic E-state index is 4.15. The molecule has 1 aromatic heterocycles. The van der Waals surface area contributed by atoms with E-state index in [1.54, 1.807) is 0 Å². The van der Waals surface area contributed by atoms with Crippen LogP contribution in [0.3, 0.4) is 0 Å². The Morgan fingerprint density at radius 1 is 0.913 bits per heavy atom. The van der Waals surface area contributed by atoms with Crippen molar-refractivity contribution in [3.63, 3.8) is 0 Å². The van der Waals surface area contributed by atoms with Gasteiger partial charge in [0.1, 0.15) is 5.52 Å². The van der Waals surface area contributed by atoms with Crippen LogP contribution in [-0.4, -0.2) is 22.0 Å². The molecule has 0 aliphatic rings. The first-order valence-electron chi connectivity index (χ1n) is 9.41. The van der Waals surface area contributed by atoms with Gasteiger partial charge in [0.15, 0.2) is 0 Å². The number of aromatic nitrogens is 3. The quantitative estimate of drug-likeness (QED) is 0.513. The summed E-state index contributed by atoms with van der Waals surface area (Å²) >= 11 is 0. The van der Waals surface area contributed by atoms with Crippen molar-refractivity contribution in [2.75, 3.05) is 6.54 Å². The second kappa shape index (κ2) is 11.2. The average molecular weight is 316 g/mol. The fraction of sp³-hybridized carbons (Fsp3) is 0.684. The fourth-order valence-corrected chi connectivity index (χ4v) is 3.03. The molecule has 1 aromatic carbocycles. The van der Waals surface area contributed by atoms with E-state index in [0.717, 1.165) is 24.1 Å². The van der Waals surface area contributed by atoms with Crippen LogP contribution in [0.1, 0.15) is 76.7 Å². The molecule has 0 fully saturated rings. The minimum absolute atomic E-state index is 0.876. The van der Waals surface area contributed by atoms with Crippen LogP contribution in [0, 0.1) is 0 Å². The molecule has 0 saturated carbocycles. The summed E-state index contributed by atoms with van der Waals surface area (Å²) in [4.78, 5) is 0. The molecule has 4 nitrogen and oxygen atoms in total. The Morgan fingerprint density at radius 3 is 2.35 bits per heavy atom. The minimum atomic E-state index is 0.876. The van der Waals surface area contributed by atoms with E-state index < -0.39 is 0 Å². The molecular formula is C19H32N4. The highest BCUT2D eigenvalue weighted by atomic mass is 15.3. The molecule has 0 radical (unpaired) electrons. The Hall–Kier alpha value is -1.42.